The lowest BCUT2D eigenvalue weighted by molar-refractivity contribution is 0.548. The molecule has 2 heteroatoms. The topological polar surface area (TPSA) is 30.2 Å². The summed E-state index contributed by atoms with van der Waals surface area (Å²) in [6.45, 7) is 2.04. The van der Waals surface area contributed by atoms with Crippen LogP contribution in [0.1, 0.15) is 40.7 Å². The second kappa shape index (κ2) is 5.69. The molecule has 2 nitrogen and oxygen atoms in total. The maximum atomic E-state index is 12.4. The largest absolute Gasteiger partial charge is 0.422 e. The zero-order chi connectivity index (χ0) is 15.8. The number of rotatable bonds is 2. The molecule has 0 aliphatic heterocycles. The molecule has 3 aromatic rings. The highest BCUT2D eigenvalue weighted by Gasteiger charge is 2.17. The Morgan fingerprint density at radius 2 is 1.83 bits per heavy atom. The average molecular weight is 304 g/mol. The van der Waals surface area contributed by atoms with E-state index < -0.39 is 0 Å². The Hall–Kier alpha value is -2.35. The fourth-order valence-corrected chi connectivity index (χ4v) is 3.69. The van der Waals surface area contributed by atoms with Crippen LogP contribution in [0.2, 0.25) is 0 Å². The quantitative estimate of drug-likeness (QED) is 0.649. The number of hydrogen-bond donors (Lipinski definition) is 0. The van der Waals surface area contributed by atoms with Crippen LogP contribution < -0.4 is 5.63 Å². The van der Waals surface area contributed by atoms with Gasteiger partial charge in [-0.3, -0.25) is 0 Å². The van der Waals surface area contributed by atoms with E-state index in [4.69, 9.17) is 4.42 Å². The Labute approximate surface area is 135 Å². The zero-order valence-corrected chi connectivity index (χ0v) is 13.4. The maximum Gasteiger partial charge on any atom is 0.339 e. The molecule has 116 valence electrons. The van der Waals surface area contributed by atoms with Crippen molar-refractivity contribution in [2.45, 2.75) is 39.0 Å². The van der Waals surface area contributed by atoms with Crippen LogP contribution in [-0.2, 0) is 19.3 Å². The van der Waals surface area contributed by atoms with Crippen molar-refractivity contribution < 1.29 is 4.42 Å². The molecule has 0 N–H and O–H groups in total. The Kier molecular flexibility index (Phi) is 3.53. The van der Waals surface area contributed by atoms with E-state index in [2.05, 4.69) is 24.3 Å². The van der Waals surface area contributed by atoms with Crippen LogP contribution in [0.3, 0.4) is 0 Å². The summed E-state index contributed by atoms with van der Waals surface area (Å²) in [5, 5.41) is 1.14. The molecule has 23 heavy (non-hydrogen) atoms. The summed E-state index contributed by atoms with van der Waals surface area (Å²) >= 11 is 0. The monoisotopic (exact) mass is 304 g/mol. The van der Waals surface area contributed by atoms with E-state index in [0.717, 1.165) is 40.5 Å². The van der Waals surface area contributed by atoms with Crippen molar-refractivity contribution in [3.63, 3.8) is 0 Å². The molecule has 0 atom stereocenters. The van der Waals surface area contributed by atoms with E-state index in [1.807, 2.05) is 25.1 Å². The third kappa shape index (κ3) is 2.59. The van der Waals surface area contributed by atoms with Crippen LogP contribution in [0.25, 0.3) is 11.0 Å². The molecule has 0 spiro atoms. The van der Waals surface area contributed by atoms with Crippen molar-refractivity contribution in [3.8, 4) is 0 Å². The minimum absolute atomic E-state index is 0.208. The molecular formula is C21H20O2. The predicted octanol–water partition coefficient (Wildman–Crippen LogP) is 4.57. The van der Waals surface area contributed by atoms with E-state index in [1.165, 1.54) is 24.0 Å². The number of hydrogen-bond acceptors (Lipinski definition) is 2. The lowest BCUT2D eigenvalue weighted by Gasteiger charge is -2.19. The van der Waals surface area contributed by atoms with Crippen molar-refractivity contribution in [3.05, 3.63) is 80.7 Å². The van der Waals surface area contributed by atoms with Crippen molar-refractivity contribution in [1.29, 1.82) is 0 Å². The molecule has 1 aliphatic rings. The summed E-state index contributed by atoms with van der Waals surface area (Å²) in [6, 6.07) is 14.4. The Balaban J connectivity index is 1.90. The molecule has 0 amide bonds. The van der Waals surface area contributed by atoms with Gasteiger partial charge in [-0.2, -0.15) is 0 Å². The normalized spacial score (nSPS) is 14.0. The molecule has 0 saturated heterocycles. The van der Waals surface area contributed by atoms with Gasteiger partial charge in [0, 0.05) is 17.4 Å². The highest BCUT2D eigenvalue weighted by atomic mass is 16.4. The third-order valence-corrected chi connectivity index (χ3v) is 4.84. The first-order valence-electron chi connectivity index (χ1n) is 8.34. The molecule has 0 radical (unpaired) electrons. The summed E-state index contributed by atoms with van der Waals surface area (Å²) < 4.78 is 5.71. The first kappa shape index (κ1) is 14.3. The van der Waals surface area contributed by atoms with Gasteiger partial charge in [-0.15, -0.1) is 0 Å². The van der Waals surface area contributed by atoms with Gasteiger partial charge < -0.3 is 4.42 Å². The van der Waals surface area contributed by atoms with Crippen LogP contribution in [-0.4, -0.2) is 0 Å². The Morgan fingerprint density at radius 1 is 1.04 bits per heavy atom. The Morgan fingerprint density at radius 3 is 2.65 bits per heavy atom. The van der Waals surface area contributed by atoms with Gasteiger partial charge in [0.25, 0.3) is 0 Å². The SMILES string of the molecule is Cc1cc2c(c3cc(Cc4ccccc4)c(=O)oc13)CCCC2. The predicted molar refractivity (Wildman–Crippen MR) is 93.1 cm³/mol. The van der Waals surface area contributed by atoms with E-state index in [1.54, 1.807) is 0 Å². The van der Waals surface area contributed by atoms with E-state index >= 15 is 0 Å². The van der Waals surface area contributed by atoms with Crippen molar-refractivity contribution in [2.75, 3.05) is 0 Å². The summed E-state index contributed by atoms with van der Waals surface area (Å²) in [6.07, 6.45) is 5.33. The van der Waals surface area contributed by atoms with Crippen LogP contribution >= 0.6 is 0 Å². The zero-order valence-electron chi connectivity index (χ0n) is 13.4. The summed E-state index contributed by atoms with van der Waals surface area (Å²) in [5.74, 6) is 0. The van der Waals surface area contributed by atoms with Gasteiger partial charge in [-0.25, -0.2) is 4.79 Å². The Bertz CT molecular complexity index is 920. The minimum atomic E-state index is -0.208. The number of benzene rings is 2. The van der Waals surface area contributed by atoms with Gasteiger partial charge in [0.2, 0.25) is 0 Å². The molecule has 1 aliphatic carbocycles. The minimum Gasteiger partial charge on any atom is -0.422 e. The van der Waals surface area contributed by atoms with Crippen LogP contribution in [0.5, 0.6) is 0 Å². The molecule has 0 saturated carbocycles. The molecule has 1 heterocycles. The number of aryl methyl sites for hydroxylation is 3. The fourth-order valence-electron chi connectivity index (χ4n) is 3.69. The molecule has 0 fully saturated rings. The van der Waals surface area contributed by atoms with Crippen molar-refractivity contribution in [1.82, 2.24) is 0 Å². The summed E-state index contributed by atoms with van der Waals surface area (Å²) in [5.41, 5.74) is 6.34. The maximum absolute atomic E-state index is 12.4. The van der Waals surface area contributed by atoms with Gasteiger partial charge in [-0.1, -0.05) is 36.4 Å². The van der Waals surface area contributed by atoms with Crippen molar-refractivity contribution >= 4 is 11.0 Å². The number of fused-ring (bicyclic) bond motifs is 3. The molecule has 2 aromatic carbocycles. The molecule has 4 rings (SSSR count). The van der Waals surface area contributed by atoms with Crippen molar-refractivity contribution in [2.24, 2.45) is 0 Å². The smallest absolute Gasteiger partial charge is 0.339 e. The van der Waals surface area contributed by atoms with Crippen LogP contribution in [0.15, 0.2) is 51.7 Å². The second-order valence-corrected chi connectivity index (χ2v) is 6.50. The lowest BCUT2D eigenvalue weighted by Crippen LogP contribution is -2.11. The highest BCUT2D eigenvalue weighted by molar-refractivity contribution is 5.85. The fraction of sp³-hybridized carbons (Fsp3) is 0.286. The molecular weight excluding hydrogens is 284 g/mol. The molecule has 0 bridgehead atoms. The first-order chi connectivity index (χ1) is 11.2. The van der Waals surface area contributed by atoms with Gasteiger partial charge in [-0.05, 0) is 60.9 Å². The molecule has 0 unspecified atom stereocenters. The van der Waals surface area contributed by atoms with E-state index in [9.17, 15) is 4.79 Å². The van der Waals surface area contributed by atoms with E-state index in [-0.39, 0.29) is 5.63 Å². The van der Waals surface area contributed by atoms with E-state index in [0.29, 0.717) is 6.42 Å². The van der Waals surface area contributed by atoms with Crippen LogP contribution in [0.4, 0.5) is 0 Å². The van der Waals surface area contributed by atoms with Gasteiger partial charge in [0.05, 0.1) is 0 Å². The summed E-state index contributed by atoms with van der Waals surface area (Å²) in [7, 11) is 0. The lowest BCUT2D eigenvalue weighted by atomic mass is 9.87. The standard InChI is InChI=1S/C21H20O2/c1-14-11-16-9-5-6-10-18(16)19-13-17(21(22)23-20(14)19)12-15-7-3-2-4-8-15/h2-4,7-8,11,13H,5-6,9-10,12H2,1H3. The van der Waals surface area contributed by atoms with Crippen LogP contribution in [0, 0.1) is 6.92 Å². The first-order valence-corrected chi connectivity index (χ1v) is 8.34. The van der Waals surface area contributed by atoms with Gasteiger partial charge in [0.1, 0.15) is 5.58 Å². The third-order valence-electron chi connectivity index (χ3n) is 4.84. The highest BCUT2D eigenvalue weighted by Crippen LogP contribution is 2.31. The van der Waals surface area contributed by atoms with Gasteiger partial charge in [0.15, 0.2) is 0 Å². The average Bonchev–Trinajstić information content (AvgIpc) is 2.57. The van der Waals surface area contributed by atoms with Gasteiger partial charge >= 0.3 is 5.63 Å². The summed E-state index contributed by atoms with van der Waals surface area (Å²) in [4.78, 5) is 12.4. The second-order valence-electron chi connectivity index (χ2n) is 6.50. The molecule has 1 aromatic heterocycles.